The third-order valence-electron chi connectivity index (χ3n) is 2.50. The topological polar surface area (TPSA) is 55.0 Å². The van der Waals surface area contributed by atoms with E-state index in [0.29, 0.717) is 11.6 Å². The summed E-state index contributed by atoms with van der Waals surface area (Å²) in [6, 6.07) is 11.9. The van der Waals surface area contributed by atoms with E-state index >= 15 is 0 Å². The number of benzene rings is 1. The van der Waals surface area contributed by atoms with Crippen LogP contribution in [0.3, 0.4) is 0 Å². The summed E-state index contributed by atoms with van der Waals surface area (Å²) in [5.74, 6) is 2.03. The van der Waals surface area contributed by atoms with Crippen LogP contribution in [-0.2, 0) is 0 Å². The van der Waals surface area contributed by atoms with Crippen LogP contribution in [0, 0.1) is 6.92 Å². The van der Waals surface area contributed by atoms with Crippen molar-refractivity contribution in [1.29, 1.82) is 0 Å². The van der Waals surface area contributed by atoms with E-state index in [1.54, 1.807) is 6.07 Å². The van der Waals surface area contributed by atoms with Gasteiger partial charge in [-0.05, 0) is 26.0 Å². The number of hydrogen-bond donors (Lipinski definition) is 1. The van der Waals surface area contributed by atoms with Crippen molar-refractivity contribution in [3.8, 4) is 0 Å². The average Bonchev–Trinajstić information content (AvgIpc) is 2.30. The molecule has 1 aromatic heterocycles. The van der Waals surface area contributed by atoms with Crippen molar-refractivity contribution in [3.63, 3.8) is 0 Å². The number of para-hydroxylation sites is 1. The van der Waals surface area contributed by atoms with Crippen LogP contribution in [0.25, 0.3) is 0 Å². The van der Waals surface area contributed by atoms with E-state index in [-0.39, 0.29) is 0 Å². The first-order chi connectivity index (χ1) is 8.20. The molecule has 0 aliphatic rings. The molecule has 0 aliphatic heterocycles. The SMILES string of the molecule is CCN(c1ccccc1)c1cc(N)nc(C)n1. The highest BCUT2D eigenvalue weighted by atomic mass is 15.2. The van der Waals surface area contributed by atoms with Gasteiger partial charge in [0, 0.05) is 18.3 Å². The van der Waals surface area contributed by atoms with Crippen molar-refractivity contribution in [3.05, 3.63) is 42.2 Å². The van der Waals surface area contributed by atoms with Crippen LogP contribution >= 0.6 is 0 Å². The van der Waals surface area contributed by atoms with Crippen molar-refractivity contribution >= 4 is 17.3 Å². The monoisotopic (exact) mass is 228 g/mol. The summed E-state index contributed by atoms with van der Waals surface area (Å²) in [6.07, 6.45) is 0. The second kappa shape index (κ2) is 4.82. The molecule has 0 saturated heterocycles. The highest BCUT2D eigenvalue weighted by Gasteiger charge is 2.09. The first-order valence-corrected chi connectivity index (χ1v) is 5.64. The van der Waals surface area contributed by atoms with Gasteiger partial charge >= 0.3 is 0 Å². The van der Waals surface area contributed by atoms with E-state index in [0.717, 1.165) is 18.1 Å². The number of hydrogen-bond acceptors (Lipinski definition) is 4. The number of aromatic nitrogens is 2. The van der Waals surface area contributed by atoms with Crippen LogP contribution in [-0.4, -0.2) is 16.5 Å². The minimum absolute atomic E-state index is 0.502. The Morgan fingerprint density at radius 2 is 1.88 bits per heavy atom. The smallest absolute Gasteiger partial charge is 0.138 e. The van der Waals surface area contributed by atoms with Crippen LogP contribution in [0.4, 0.5) is 17.3 Å². The van der Waals surface area contributed by atoms with E-state index in [9.17, 15) is 0 Å². The van der Waals surface area contributed by atoms with Gasteiger partial charge in [-0.2, -0.15) is 0 Å². The van der Waals surface area contributed by atoms with Gasteiger partial charge in [0.15, 0.2) is 0 Å². The van der Waals surface area contributed by atoms with E-state index in [2.05, 4.69) is 33.9 Å². The van der Waals surface area contributed by atoms with Crippen molar-refractivity contribution in [2.45, 2.75) is 13.8 Å². The number of anilines is 3. The summed E-state index contributed by atoms with van der Waals surface area (Å²) in [4.78, 5) is 10.6. The maximum atomic E-state index is 5.75. The molecule has 4 heteroatoms. The van der Waals surface area contributed by atoms with E-state index in [1.807, 2.05) is 25.1 Å². The average molecular weight is 228 g/mol. The molecule has 0 unspecified atom stereocenters. The summed E-state index contributed by atoms with van der Waals surface area (Å²) < 4.78 is 0. The Bertz CT molecular complexity index is 476. The van der Waals surface area contributed by atoms with Crippen LogP contribution < -0.4 is 10.6 Å². The van der Waals surface area contributed by atoms with E-state index < -0.39 is 0 Å². The molecular weight excluding hydrogens is 212 g/mol. The standard InChI is InChI=1S/C13H16N4/c1-3-17(11-7-5-4-6-8-11)13-9-12(14)15-10(2)16-13/h4-9H,3H2,1-2H3,(H2,14,15,16). The molecule has 0 radical (unpaired) electrons. The van der Waals surface area contributed by atoms with Gasteiger partial charge in [0.05, 0.1) is 0 Å². The fraction of sp³-hybridized carbons (Fsp3) is 0.231. The molecule has 1 heterocycles. The lowest BCUT2D eigenvalue weighted by Crippen LogP contribution is -2.18. The Hall–Kier alpha value is -2.10. The van der Waals surface area contributed by atoms with E-state index in [4.69, 9.17) is 5.73 Å². The molecule has 4 nitrogen and oxygen atoms in total. The highest BCUT2D eigenvalue weighted by molar-refractivity contribution is 5.61. The quantitative estimate of drug-likeness (QED) is 0.877. The zero-order valence-corrected chi connectivity index (χ0v) is 10.1. The van der Waals surface area contributed by atoms with Gasteiger partial charge in [0.25, 0.3) is 0 Å². The highest BCUT2D eigenvalue weighted by Crippen LogP contribution is 2.23. The van der Waals surface area contributed by atoms with Crippen LogP contribution in [0.2, 0.25) is 0 Å². The summed E-state index contributed by atoms with van der Waals surface area (Å²) in [5, 5.41) is 0. The predicted molar refractivity (Wildman–Crippen MR) is 70.3 cm³/mol. The lowest BCUT2D eigenvalue weighted by atomic mass is 10.3. The summed E-state index contributed by atoms with van der Waals surface area (Å²) in [5.41, 5.74) is 6.86. The van der Waals surface area contributed by atoms with Gasteiger partial charge < -0.3 is 10.6 Å². The maximum Gasteiger partial charge on any atom is 0.138 e. The number of rotatable bonds is 3. The molecule has 0 aliphatic carbocycles. The maximum absolute atomic E-state index is 5.75. The summed E-state index contributed by atoms with van der Waals surface area (Å²) >= 11 is 0. The zero-order valence-electron chi connectivity index (χ0n) is 10.1. The molecule has 88 valence electrons. The lowest BCUT2D eigenvalue weighted by Gasteiger charge is -2.22. The Balaban J connectivity index is 2.42. The molecule has 2 N–H and O–H groups in total. The van der Waals surface area contributed by atoms with Crippen molar-refractivity contribution < 1.29 is 0 Å². The van der Waals surface area contributed by atoms with Gasteiger partial charge in [0.1, 0.15) is 17.5 Å². The largest absolute Gasteiger partial charge is 0.384 e. The Morgan fingerprint density at radius 3 is 2.47 bits per heavy atom. The van der Waals surface area contributed by atoms with Gasteiger partial charge in [-0.25, -0.2) is 9.97 Å². The molecule has 0 bridgehead atoms. The first kappa shape index (κ1) is 11.4. The zero-order chi connectivity index (χ0) is 12.3. The second-order valence-corrected chi connectivity index (χ2v) is 3.78. The lowest BCUT2D eigenvalue weighted by molar-refractivity contribution is 0.954. The molecule has 2 aromatic rings. The third kappa shape index (κ3) is 2.53. The Morgan fingerprint density at radius 1 is 1.18 bits per heavy atom. The van der Waals surface area contributed by atoms with Crippen molar-refractivity contribution in [1.82, 2.24) is 9.97 Å². The number of nitrogens with two attached hydrogens (primary N) is 1. The van der Waals surface area contributed by atoms with E-state index in [1.165, 1.54) is 0 Å². The summed E-state index contributed by atoms with van der Waals surface area (Å²) in [7, 11) is 0. The molecular formula is C13H16N4. The third-order valence-corrected chi connectivity index (χ3v) is 2.50. The Kier molecular flexibility index (Phi) is 3.23. The fourth-order valence-electron chi connectivity index (χ4n) is 1.80. The number of aryl methyl sites for hydroxylation is 1. The molecule has 0 saturated carbocycles. The van der Waals surface area contributed by atoms with Crippen molar-refractivity contribution in [2.24, 2.45) is 0 Å². The summed E-state index contributed by atoms with van der Waals surface area (Å²) in [6.45, 7) is 4.76. The molecule has 2 rings (SSSR count). The molecule has 0 spiro atoms. The molecule has 1 aromatic carbocycles. The second-order valence-electron chi connectivity index (χ2n) is 3.78. The minimum Gasteiger partial charge on any atom is -0.384 e. The van der Waals surface area contributed by atoms with Gasteiger partial charge in [-0.3, -0.25) is 0 Å². The van der Waals surface area contributed by atoms with Gasteiger partial charge in [0.2, 0.25) is 0 Å². The normalized spacial score (nSPS) is 10.2. The predicted octanol–water partition coefficient (Wildman–Crippen LogP) is 2.53. The van der Waals surface area contributed by atoms with Gasteiger partial charge in [-0.1, -0.05) is 18.2 Å². The van der Waals surface area contributed by atoms with Crippen LogP contribution in [0.15, 0.2) is 36.4 Å². The first-order valence-electron chi connectivity index (χ1n) is 5.64. The van der Waals surface area contributed by atoms with Crippen molar-refractivity contribution in [2.75, 3.05) is 17.2 Å². The molecule has 0 fully saturated rings. The number of nitrogen functional groups attached to an aromatic ring is 1. The Labute approximate surface area is 101 Å². The molecule has 0 amide bonds. The van der Waals surface area contributed by atoms with Gasteiger partial charge in [-0.15, -0.1) is 0 Å². The van der Waals surface area contributed by atoms with Crippen LogP contribution in [0.5, 0.6) is 0 Å². The molecule has 0 atom stereocenters. The minimum atomic E-state index is 0.502. The molecule has 17 heavy (non-hydrogen) atoms. The number of nitrogens with zero attached hydrogens (tertiary/aromatic N) is 3. The fourth-order valence-corrected chi connectivity index (χ4v) is 1.80. The van der Waals surface area contributed by atoms with Crippen LogP contribution in [0.1, 0.15) is 12.7 Å².